The molecule has 0 saturated carbocycles. The third-order valence-electron chi connectivity index (χ3n) is 4.26. The molecular weight excluding hydrogens is 222 g/mol. The highest BCUT2D eigenvalue weighted by Crippen LogP contribution is 2.39. The molecule has 1 fully saturated rings. The van der Waals surface area contributed by atoms with E-state index in [1.807, 2.05) is 6.08 Å². The molecule has 0 amide bonds. The average Bonchev–Trinajstić information content (AvgIpc) is 2.41. The van der Waals surface area contributed by atoms with Crippen LogP contribution in [0.15, 0.2) is 48.1 Å². The summed E-state index contributed by atoms with van der Waals surface area (Å²) in [5.74, 6) is 0.828. The Morgan fingerprint density at radius 2 is 2.28 bits per heavy atom. The zero-order valence-corrected chi connectivity index (χ0v) is 10.6. The van der Waals surface area contributed by atoms with Crippen LogP contribution in [0.1, 0.15) is 19.3 Å². The summed E-state index contributed by atoms with van der Waals surface area (Å²) in [6.07, 6.45) is 13.4. The van der Waals surface area contributed by atoms with E-state index < -0.39 is 0 Å². The molecule has 0 aromatic rings. The molecule has 1 aliphatic heterocycles. The fourth-order valence-corrected chi connectivity index (χ4v) is 3.43. The van der Waals surface area contributed by atoms with E-state index in [0.29, 0.717) is 24.2 Å². The molecule has 3 rings (SSSR count). The van der Waals surface area contributed by atoms with Crippen molar-refractivity contribution in [3.63, 3.8) is 0 Å². The van der Waals surface area contributed by atoms with Gasteiger partial charge in [0.25, 0.3) is 0 Å². The van der Waals surface area contributed by atoms with Gasteiger partial charge >= 0.3 is 0 Å². The predicted molar refractivity (Wildman–Crippen MR) is 73.2 cm³/mol. The number of Topliss-reactive ketones (excluding diaryl/α,β-unsaturated/α-hetero) is 1. The molecule has 18 heavy (non-hydrogen) atoms. The number of ketones is 1. The van der Waals surface area contributed by atoms with Crippen molar-refractivity contribution in [2.24, 2.45) is 5.92 Å². The molecule has 2 nitrogen and oxygen atoms in total. The van der Waals surface area contributed by atoms with Crippen LogP contribution in [-0.4, -0.2) is 29.8 Å². The molecule has 1 saturated heterocycles. The first kappa shape index (κ1) is 11.7. The Morgan fingerprint density at radius 3 is 3.11 bits per heavy atom. The largest absolute Gasteiger partial charge is 0.294 e. The summed E-state index contributed by atoms with van der Waals surface area (Å²) in [5, 5.41) is 0. The van der Waals surface area contributed by atoms with Crippen LogP contribution >= 0.6 is 0 Å². The minimum Gasteiger partial charge on any atom is -0.294 e. The lowest BCUT2D eigenvalue weighted by Gasteiger charge is -2.42. The summed E-state index contributed by atoms with van der Waals surface area (Å²) in [6.45, 7) is 5.60. The number of piperidine rings is 1. The van der Waals surface area contributed by atoms with Crippen molar-refractivity contribution in [3.05, 3.63) is 48.1 Å². The molecule has 0 aromatic heterocycles. The Bertz CT molecular complexity index is 469. The summed E-state index contributed by atoms with van der Waals surface area (Å²) in [5.41, 5.74) is 2.35. The van der Waals surface area contributed by atoms with Gasteiger partial charge in [0.2, 0.25) is 0 Å². The van der Waals surface area contributed by atoms with Gasteiger partial charge in [-0.15, -0.1) is 6.58 Å². The molecule has 3 aliphatic rings. The van der Waals surface area contributed by atoms with E-state index in [4.69, 9.17) is 0 Å². The minimum atomic E-state index is 0.326. The minimum absolute atomic E-state index is 0.326. The van der Waals surface area contributed by atoms with Gasteiger partial charge in [-0.3, -0.25) is 9.69 Å². The smallest absolute Gasteiger partial charge is 0.162 e. The van der Waals surface area contributed by atoms with Gasteiger partial charge in [0.1, 0.15) is 0 Å². The quantitative estimate of drug-likeness (QED) is 0.693. The van der Waals surface area contributed by atoms with Gasteiger partial charge in [-0.05, 0) is 18.4 Å². The van der Waals surface area contributed by atoms with Gasteiger partial charge in [-0.25, -0.2) is 0 Å². The van der Waals surface area contributed by atoms with E-state index in [1.54, 1.807) is 0 Å². The van der Waals surface area contributed by atoms with Crippen LogP contribution in [0.5, 0.6) is 0 Å². The van der Waals surface area contributed by atoms with Crippen LogP contribution in [0, 0.1) is 5.92 Å². The second-order valence-electron chi connectivity index (χ2n) is 5.27. The maximum absolute atomic E-state index is 12.3. The molecule has 1 heterocycles. The van der Waals surface area contributed by atoms with Gasteiger partial charge < -0.3 is 0 Å². The summed E-state index contributed by atoms with van der Waals surface area (Å²) in [6, 6.07) is 0.326. The lowest BCUT2D eigenvalue weighted by molar-refractivity contribution is -0.118. The van der Waals surface area contributed by atoms with Crippen molar-refractivity contribution < 1.29 is 4.79 Å². The van der Waals surface area contributed by atoms with Crippen LogP contribution in [-0.2, 0) is 4.79 Å². The third kappa shape index (κ3) is 1.81. The van der Waals surface area contributed by atoms with Crippen molar-refractivity contribution >= 4 is 5.78 Å². The Labute approximate surface area is 108 Å². The van der Waals surface area contributed by atoms with E-state index >= 15 is 0 Å². The summed E-state index contributed by atoms with van der Waals surface area (Å²) >= 11 is 0. The molecule has 0 bridgehead atoms. The Morgan fingerprint density at radius 1 is 1.39 bits per heavy atom. The number of carbonyl (C=O) groups excluding carboxylic acids is 1. The molecule has 2 heteroatoms. The fourth-order valence-electron chi connectivity index (χ4n) is 3.43. The number of hydrogen-bond donors (Lipinski definition) is 0. The van der Waals surface area contributed by atoms with Crippen molar-refractivity contribution in [2.45, 2.75) is 25.3 Å². The Balaban J connectivity index is 2.01. The normalized spacial score (nSPS) is 31.2. The van der Waals surface area contributed by atoms with Crippen molar-refractivity contribution in [3.8, 4) is 0 Å². The van der Waals surface area contributed by atoms with E-state index in [1.165, 1.54) is 5.57 Å². The maximum atomic E-state index is 12.3. The molecule has 0 radical (unpaired) electrons. The summed E-state index contributed by atoms with van der Waals surface area (Å²) < 4.78 is 0. The van der Waals surface area contributed by atoms with Crippen molar-refractivity contribution in [2.75, 3.05) is 13.1 Å². The average molecular weight is 241 g/mol. The fraction of sp³-hybridized carbons (Fsp3) is 0.438. The van der Waals surface area contributed by atoms with Crippen LogP contribution in [0.4, 0.5) is 0 Å². The first-order valence-corrected chi connectivity index (χ1v) is 6.78. The van der Waals surface area contributed by atoms with Crippen molar-refractivity contribution in [1.29, 1.82) is 0 Å². The lowest BCUT2D eigenvalue weighted by atomic mass is 9.74. The molecule has 0 aromatic carbocycles. The van der Waals surface area contributed by atoms with Crippen LogP contribution in [0.2, 0.25) is 0 Å². The van der Waals surface area contributed by atoms with E-state index in [9.17, 15) is 4.79 Å². The van der Waals surface area contributed by atoms with Gasteiger partial charge in [-0.1, -0.05) is 30.4 Å². The zero-order valence-electron chi connectivity index (χ0n) is 10.6. The number of fused-ring (bicyclic) bond motifs is 2. The number of carbonyl (C=O) groups is 1. The number of hydrogen-bond acceptors (Lipinski definition) is 2. The summed E-state index contributed by atoms with van der Waals surface area (Å²) in [4.78, 5) is 14.7. The monoisotopic (exact) mass is 241 g/mol. The third-order valence-corrected chi connectivity index (χ3v) is 4.26. The van der Waals surface area contributed by atoms with Crippen LogP contribution in [0.25, 0.3) is 0 Å². The maximum Gasteiger partial charge on any atom is 0.162 e. The SMILES string of the molecule is C=CCN1CCC(=O)C2=C3C=CC=CC3CCC21. The van der Waals surface area contributed by atoms with E-state index in [0.717, 1.165) is 31.5 Å². The van der Waals surface area contributed by atoms with E-state index in [-0.39, 0.29) is 0 Å². The second kappa shape index (κ2) is 4.69. The molecule has 94 valence electrons. The standard InChI is InChI=1S/C16H19NO/c1-2-10-17-11-9-15(18)16-13-6-4-3-5-12(13)7-8-14(16)17/h2-6,12,14H,1,7-11H2. The zero-order chi connectivity index (χ0) is 12.5. The lowest BCUT2D eigenvalue weighted by Crippen LogP contribution is -2.47. The number of rotatable bonds is 2. The molecule has 0 spiro atoms. The van der Waals surface area contributed by atoms with Gasteiger partial charge in [0.05, 0.1) is 0 Å². The van der Waals surface area contributed by atoms with Gasteiger partial charge in [0.15, 0.2) is 5.78 Å². The Hall–Kier alpha value is -1.41. The second-order valence-corrected chi connectivity index (χ2v) is 5.27. The van der Waals surface area contributed by atoms with E-state index in [2.05, 4.69) is 35.8 Å². The molecule has 2 aliphatic carbocycles. The number of likely N-dealkylation sites (tertiary alicyclic amines) is 1. The van der Waals surface area contributed by atoms with Crippen molar-refractivity contribution in [1.82, 2.24) is 4.90 Å². The first-order valence-electron chi connectivity index (χ1n) is 6.78. The molecular formula is C16H19NO. The van der Waals surface area contributed by atoms with Crippen LogP contribution in [0.3, 0.4) is 0 Å². The number of nitrogens with zero attached hydrogens (tertiary/aromatic N) is 1. The highest BCUT2D eigenvalue weighted by atomic mass is 16.1. The topological polar surface area (TPSA) is 20.3 Å². The Kier molecular flexibility index (Phi) is 3.04. The van der Waals surface area contributed by atoms with Crippen LogP contribution < -0.4 is 0 Å². The highest BCUT2D eigenvalue weighted by molar-refractivity contribution is 5.99. The first-order chi connectivity index (χ1) is 8.81. The predicted octanol–water partition coefficient (Wildman–Crippen LogP) is 2.65. The highest BCUT2D eigenvalue weighted by Gasteiger charge is 2.37. The summed E-state index contributed by atoms with van der Waals surface area (Å²) in [7, 11) is 0. The molecule has 0 N–H and O–H groups in total. The molecule has 2 unspecified atom stereocenters. The van der Waals surface area contributed by atoms with Gasteiger partial charge in [0, 0.05) is 37.0 Å². The number of allylic oxidation sites excluding steroid dienone is 5. The van der Waals surface area contributed by atoms with Gasteiger partial charge in [-0.2, -0.15) is 0 Å². The molecule has 2 atom stereocenters.